The molecule has 0 fully saturated rings. The standard InChI is InChI=1S/C23H21NOS/c1-17-12-14-20(15-13-17)23(26)24-21(18-8-4-2-5-9-18)16-22(25)19-10-6-3-7-11-19/h2-15,21H,16H2,1H3,(H,24,26). The van der Waals surface area contributed by atoms with E-state index in [0.29, 0.717) is 11.4 Å². The van der Waals surface area contributed by atoms with Gasteiger partial charge >= 0.3 is 0 Å². The lowest BCUT2D eigenvalue weighted by Gasteiger charge is -2.20. The molecule has 0 saturated heterocycles. The van der Waals surface area contributed by atoms with Crippen LogP contribution in [-0.4, -0.2) is 10.8 Å². The second kappa shape index (κ2) is 8.54. The van der Waals surface area contributed by atoms with E-state index < -0.39 is 0 Å². The summed E-state index contributed by atoms with van der Waals surface area (Å²) in [5, 5.41) is 3.38. The molecule has 0 heterocycles. The van der Waals surface area contributed by atoms with Crippen LogP contribution in [0.3, 0.4) is 0 Å². The summed E-state index contributed by atoms with van der Waals surface area (Å²) in [6.45, 7) is 2.05. The van der Waals surface area contributed by atoms with Crippen molar-refractivity contribution in [3.63, 3.8) is 0 Å². The number of ketones is 1. The monoisotopic (exact) mass is 359 g/mol. The van der Waals surface area contributed by atoms with Crippen molar-refractivity contribution >= 4 is 23.0 Å². The smallest absolute Gasteiger partial charge is 0.165 e. The Kier molecular flexibility index (Phi) is 5.92. The molecular formula is C23H21NOS. The summed E-state index contributed by atoms with van der Waals surface area (Å²) < 4.78 is 0. The Labute approximate surface area is 159 Å². The summed E-state index contributed by atoms with van der Waals surface area (Å²) in [4.78, 5) is 13.4. The van der Waals surface area contributed by atoms with Crippen LogP contribution >= 0.6 is 12.2 Å². The molecule has 130 valence electrons. The molecule has 1 unspecified atom stereocenters. The third kappa shape index (κ3) is 4.64. The summed E-state index contributed by atoms with van der Waals surface area (Å²) in [5.74, 6) is 0.0960. The molecule has 2 nitrogen and oxygen atoms in total. The maximum Gasteiger partial charge on any atom is 0.165 e. The van der Waals surface area contributed by atoms with E-state index in [1.165, 1.54) is 5.56 Å². The van der Waals surface area contributed by atoms with Gasteiger partial charge in [0, 0.05) is 17.5 Å². The van der Waals surface area contributed by atoms with Gasteiger partial charge in [0.25, 0.3) is 0 Å². The van der Waals surface area contributed by atoms with Crippen molar-refractivity contribution in [1.82, 2.24) is 5.32 Å². The van der Waals surface area contributed by atoms with E-state index in [1.807, 2.05) is 91.9 Å². The Morgan fingerprint density at radius 3 is 2.04 bits per heavy atom. The van der Waals surface area contributed by atoms with Crippen molar-refractivity contribution in [1.29, 1.82) is 0 Å². The second-order valence-corrected chi connectivity index (χ2v) is 6.70. The van der Waals surface area contributed by atoms with Crippen molar-refractivity contribution in [3.8, 4) is 0 Å². The van der Waals surface area contributed by atoms with Crippen molar-refractivity contribution in [2.45, 2.75) is 19.4 Å². The van der Waals surface area contributed by atoms with Crippen LogP contribution in [0.15, 0.2) is 84.9 Å². The molecule has 0 aliphatic rings. The number of aryl methyl sites for hydroxylation is 1. The minimum absolute atomic E-state index is 0.0960. The first-order valence-electron chi connectivity index (χ1n) is 8.64. The fourth-order valence-electron chi connectivity index (χ4n) is 2.81. The first-order chi connectivity index (χ1) is 12.6. The molecule has 0 aromatic heterocycles. The summed E-state index contributed by atoms with van der Waals surface area (Å²) in [6.07, 6.45) is 0.347. The summed E-state index contributed by atoms with van der Waals surface area (Å²) >= 11 is 5.59. The Balaban J connectivity index is 1.81. The molecule has 3 aromatic rings. The highest BCUT2D eigenvalue weighted by molar-refractivity contribution is 7.80. The van der Waals surface area contributed by atoms with Crippen molar-refractivity contribution in [2.75, 3.05) is 0 Å². The maximum absolute atomic E-state index is 12.7. The number of carbonyl (C=O) groups excluding carboxylic acids is 1. The molecule has 0 radical (unpaired) electrons. The molecule has 0 aliphatic heterocycles. The number of Topliss-reactive ketones (excluding diaryl/α,β-unsaturated/α-hetero) is 1. The van der Waals surface area contributed by atoms with Gasteiger partial charge in [-0.15, -0.1) is 0 Å². The highest BCUT2D eigenvalue weighted by atomic mass is 32.1. The topological polar surface area (TPSA) is 29.1 Å². The molecule has 0 spiro atoms. The van der Waals surface area contributed by atoms with E-state index in [9.17, 15) is 4.79 Å². The molecular weight excluding hydrogens is 338 g/mol. The molecule has 0 amide bonds. The Bertz CT molecular complexity index is 873. The maximum atomic E-state index is 12.7. The predicted molar refractivity (Wildman–Crippen MR) is 111 cm³/mol. The molecule has 26 heavy (non-hydrogen) atoms. The Morgan fingerprint density at radius 2 is 1.42 bits per heavy atom. The van der Waals surface area contributed by atoms with Crippen molar-refractivity contribution in [3.05, 3.63) is 107 Å². The first kappa shape index (κ1) is 18.0. The van der Waals surface area contributed by atoms with Crippen LogP contribution in [0.1, 0.15) is 39.5 Å². The Hall–Kier alpha value is -2.78. The van der Waals surface area contributed by atoms with Crippen molar-refractivity contribution < 1.29 is 4.79 Å². The highest BCUT2D eigenvalue weighted by Crippen LogP contribution is 2.20. The fourth-order valence-corrected chi connectivity index (χ4v) is 3.09. The van der Waals surface area contributed by atoms with E-state index in [0.717, 1.165) is 16.7 Å². The fraction of sp³-hybridized carbons (Fsp3) is 0.130. The normalized spacial score (nSPS) is 11.6. The predicted octanol–water partition coefficient (Wildman–Crippen LogP) is 5.27. The van der Waals surface area contributed by atoms with Crippen LogP contribution in [0.25, 0.3) is 0 Å². The van der Waals surface area contributed by atoms with Gasteiger partial charge in [-0.3, -0.25) is 4.79 Å². The molecule has 0 saturated carbocycles. The minimum Gasteiger partial charge on any atom is -0.369 e. The van der Waals surface area contributed by atoms with Crippen LogP contribution < -0.4 is 5.32 Å². The van der Waals surface area contributed by atoms with Gasteiger partial charge in [0.2, 0.25) is 0 Å². The number of nitrogens with one attached hydrogen (secondary N) is 1. The lowest BCUT2D eigenvalue weighted by Crippen LogP contribution is -2.29. The summed E-state index contributed by atoms with van der Waals surface area (Å²) in [7, 11) is 0. The van der Waals surface area contributed by atoms with Gasteiger partial charge in [-0.05, 0) is 12.5 Å². The number of hydrogen-bond acceptors (Lipinski definition) is 2. The average molecular weight is 359 g/mol. The van der Waals surface area contributed by atoms with Crippen LogP contribution in [-0.2, 0) is 0 Å². The molecule has 3 heteroatoms. The quantitative estimate of drug-likeness (QED) is 0.480. The average Bonchev–Trinajstić information content (AvgIpc) is 2.69. The van der Waals surface area contributed by atoms with Crippen LogP contribution in [0.4, 0.5) is 0 Å². The van der Waals surface area contributed by atoms with Crippen LogP contribution in [0, 0.1) is 6.92 Å². The van der Waals surface area contributed by atoms with Gasteiger partial charge in [-0.1, -0.05) is 103 Å². The van der Waals surface area contributed by atoms with Gasteiger partial charge in [0.05, 0.1) is 6.04 Å². The van der Waals surface area contributed by atoms with Crippen LogP contribution in [0.5, 0.6) is 0 Å². The zero-order chi connectivity index (χ0) is 18.4. The lowest BCUT2D eigenvalue weighted by atomic mass is 9.97. The number of hydrogen-bond donors (Lipinski definition) is 1. The molecule has 3 aromatic carbocycles. The third-order valence-electron chi connectivity index (χ3n) is 4.31. The third-order valence-corrected chi connectivity index (χ3v) is 4.66. The number of carbonyl (C=O) groups is 1. The van der Waals surface area contributed by atoms with Crippen molar-refractivity contribution in [2.24, 2.45) is 0 Å². The molecule has 0 bridgehead atoms. The molecule has 3 rings (SSSR count). The van der Waals surface area contributed by atoms with Gasteiger partial charge in [-0.25, -0.2) is 0 Å². The van der Waals surface area contributed by atoms with E-state index in [2.05, 4.69) is 5.32 Å². The SMILES string of the molecule is Cc1ccc(C(=S)NC(CC(=O)c2ccccc2)c2ccccc2)cc1. The highest BCUT2D eigenvalue weighted by Gasteiger charge is 2.18. The molecule has 1 atom stereocenters. The summed E-state index contributed by atoms with van der Waals surface area (Å²) in [5.41, 5.74) is 3.91. The number of thiocarbonyl (C=S) groups is 1. The number of benzene rings is 3. The van der Waals surface area contributed by atoms with Crippen LogP contribution in [0.2, 0.25) is 0 Å². The van der Waals surface area contributed by atoms with Gasteiger partial charge < -0.3 is 5.32 Å². The lowest BCUT2D eigenvalue weighted by molar-refractivity contribution is 0.0971. The number of rotatable bonds is 6. The van der Waals surface area contributed by atoms with E-state index in [4.69, 9.17) is 12.2 Å². The van der Waals surface area contributed by atoms with E-state index in [1.54, 1.807) is 0 Å². The Morgan fingerprint density at radius 1 is 0.846 bits per heavy atom. The molecule has 1 N–H and O–H groups in total. The largest absolute Gasteiger partial charge is 0.369 e. The summed E-state index contributed by atoms with van der Waals surface area (Å²) in [6, 6.07) is 27.3. The zero-order valence-electron chi connectivity index (χ0n) is 14.7. The van der Waals surface area contributed by atoms with E-state index in [-0.39, 0.29) is 11.8 Å². The minimum atomic E-state index is -0.169. The second-order valence-electron chi connectivity index (χ2n) is 6.30. The molecule has 0 aliphatic carbocycles. The first-order valence-corrected chi connectivity index (χ1v) is 9.05. The van der Waals surface area contributed by atoms with Gasteiger partial charge in [0.15, 0.2) is 5.78 Å². The van der Waals surface area contributed by atoms with Gasteiger partial charge in [0.1, 0.15) is 4.99 Å². The van der Waals surface area contributed by atoms with E-state index >= 15 is 0 Å². The van der Waals surface area contributed by atoms with Gasteiger partial charge in [-0.2, -0.15) is 0 Å². The zero-order valence-corrected chi connectivity index (χ0v) is 15.5.